The molecule has 1 spiro atoms. The van der Waals surface area contributed by atoms with Crippen molar-refractivity contribution < 1.29 is 9.45 Å². The summed E-state index contributed by atoms with van der Waals surface area (Å²) < 4.78 is 5.88. The van der Waals surface area contributed by atoms with Crippen molar-refractivity contribution in [1.29, 1.82) is 0 Å². The number of hydrogen-bond acceptors (Lipinski definition) is 4. The molecule has 0 aromatic heterocycles. The molecule has 0 unspecified atom stereocenters. The molecule has 2 fully saturated rings. The van der Waals surface area contributed by atoms with Gasteiger partial charge < -0.3 is 14.9 Å². The number of anilines is 1. The molecular formula is C24H36BN2O2S. The van der Waals surface area contributed by atoms with Gasteiger partial charge in [-0.05, 0) is 84.0 Å². The molecule has 3 aliphatic rings. The van der Waals surface area contributed by atoms with Gasteiger partial charge in [-0.25, -0.2) is 0 Å². The van der Waals surface area contributed by atoms with Crippen molar-refractivity contribution in [2.45, 2.75) is 88.5 Å². The van der Waals surface area contributed by atoms with Crippen LogP contribution in [0.25, 0.3) is 0 Å². The second-order valence-corrected chi connectivity index (χ2v) is 11.6. The normalized spacial score (nSPS) is 25.9. The van der Waals surface area contributed by atoms with Crippen LogP contribution in [0.5, 0.6) is 0 Å². The Morgan fingerprint density at radius 3 is 2.50 bits per heavy atom. The molecule has 0 bridgehead atoms. The maximum absolute atomic E-state index is 13.8. The van der Waals surface area contributed by atoms with Crippen molar-refractivity contribution in [1.82, 2.24) is 5.32 Å². The molecule has 6 heteroatoms. The van der Waals surface area contributed by atoms with Crippen LogP contribution in [0.2, 0.25) is 0 Å². The van der Waals surface area contributed by atoms with Crippen molar-refractivity contribution in [2.24, 2.45) is 5.92 Å². The molecule has 1 aliphatic carbocycles. The number of nitrogens with one attached hydrogen (secondary N) is 1. The molecule has 4 rings (SSSR count). The van der Waals surface area contributed by atoms with Gasteiger partial charge in [-0.3, -0.25) is 4.79 Å². The third-order valence-electron chi connectivity index (χ3n) is 8.00. The van der Waals surface area contributed by atoms with E-state index >= 15 is 0 Å². The lowest BCUT2D eigenvalue weighted by Gasteiger charge is -2.42. The third kappa shape index (κ3) is 3.63. The first-order valence-corrected chi connectivity index (χ1v) is 12.0. The summed E-state index contributed by atoms with van der Waals surface area (Å²) in [7, 11) is 1.84. The quantitative estimate of drug-likeness (QED) is 0.539. The molecule has 1 saturated heterocycles. The fourth-order valence-electron chi connectivity index (χ4n) is 4.98. The Balaban J connectivity index is 1.63. The zero-order chi connectivity index (χ0) is 21.7. The highest BCUT2D eigenvalue weighted by Crippen LogP contribution is 2.50. The van der Waals surface area contributed by atoms with Gasteiger partial charge in [0.15, 0.2) is 0 Å². The average molecular weight is 427 g/mol. The fourth-order valence-corrected chi connectivity index (χ4v) is 5.04. The molecule has 1 aromatic rings. The second-order valence-electron chi connectivity index (χ2n) is 10.5. The van der Waals surface area contributed by atoms with Crippen LogP contribution < -0.4 is 15.7 Å². The van der Waals surface area contributed by atoms with Crippen LogP contribution in [0.3, 0.4) is 0 Å². The van der Waals surface area contributed by atoms with Crippen LogP contribution in [0, 0.1) is 5.92 Å². The zero-order valence-corrected chi connectivity index (χ0v) is 20.0. The minimum atomic E-state index is -0.413. The summed E-state index contributed by atoms with van der Waals surface area (Å²) in [5.41, 5.74) is 2.59. The highest BCUT2D eigenvalue weighted by molar-refractivity contribution is 7.81. The van der Waals surface area contributed by atoms with Crippen molar-refractivity contribution in [3.05, 3.63) is 23.8 Å². The Hall–Kier alpha value is -0.975. The summed E-state index contributed by atoms with van der Waals surface area (Å²) in [6, 6.07) is 6.81. The van der Waals surface area contributed by atoms with E-state index in [0.717, 1.165) is 55.8 Å². The maximum atomic E-state index is 13.8. The van der Waals surface area contributed by atoms with E-state index in [1.54, 1.807) is 0 Å². The number of piperidine rings is 1. The number of fused-ring (bicyclic) bond motifs is 2. The Bertz CT molecular complexity index is 808. The molecule has 1 amide bonds. The van der Waals surface area contributed by atoms with Gasteiger partial charge in [-0.2, -0.15) is 12.6 Å². The molecule has 4 nitrogen and oxygen atoms in total. The maximum Gasteiger partial charge on any atom is 0.330 e. The van der Waals surface area contributed by atoms with E-state index in [2.05, 4.69) is 63.0 Å². The molecule has 2 aliphatic heterocycles. The van der Waals surface area contributed by atoms with Crippen molar-refractivity contribution >= 4 is 37.2 Å². The predicted octanol–water partition coefficient (Wildman–Crippen LogP) is 3.59. The highest BCUT2D eigenvalue weighted by atomic mass is 32.1. The van der Waals surface area contributed by atoms with Crippen molar-refractivity contribution in [2.75, 3.05) is 18.0 Å². The Morgan fingerprint density at radius 2 is 1.90 bits per heavy atom. The lowest BCUT2D eigenvalue weighted by molar-refractivity contribution is -0.125. The lowest BCUT2D eigenvalue weighted by Crippen LogP contribution is -2.53. The third-order valence-corrected chi connectivity index (χ3v) is 8.54. The van der Waals surface area contributed by atoms with Gasteiger partial charge >= 0.3 is 7.48 Å². The second kappa shape index (κ2) is 7.86. The summed E-state index contributed by atoms with van der Waals surface area (Å²) in [6.45, 7) is 12.3. The van der Waals surface area contributed by atoms with E-state index in [1.807, 2.05) is 7.48 Å². The van der Waals surface area contributed by atoms with E-state index in [-0.39, 0.29) is 10.2 Å². The smallest absolute Gasteiger partial charge is 0.330 e. The van der Waals surface area contributed by atoms with Crippen molar-refractivity contribution in [3.63, 3.8) is 0 Å². The number of thiol groups is 1. The summed E-state index contributed by atoms with van der Waals surface area (Å²) in [5.74, 6) is 1.08. The summed E-state index contributed by atoms with van der Waals surface area (Å²) >= 11 is 4.70. The minimum Gasteiger partial charge on any atom is -0.428 e. The summed E-state index contributed by atoms with van der Waals surface area (Å²) in [6.07, 6.45) is 5.23. The van der Waals surface area contributed by atoms with Gasteiger partial charge in [0.05, 0.1) is 11.0 Å². The van der Waals surface area contributed by atoms with Crippen LogP contribution in [-0.2, 0) is 14.9 Å². The van der Waals surface area contributed by atoms with Gasteiger partial charge in [0.25, 0.3) is 0 Å². The molecule has 0 atom stereocenters. The summed E-state index contributed by atoms with van der Waals surface area (Å²) in [4.78, 5) is 15.9. The summed E-state index contributed by atoms with van der Waals surface area (Å²) in [5, 5.41) is 3.43. The molecule has 2 heterocycles. The zero-order valence-electron chi connectivity index (χ0n) is 19.1. The Kier molecular flexibility index (Phi) is 5.82. The topological polar surface area (TPSA) is 41.6 Å². The fraction of sp³-hybridized carbons (Fsp3) is 0.708. The van der Waals surface area contributed by atoms with Crippen LogP contribution in [0.1, 0.15) is 72.3 Å². The molecule has 30 heavy (non-hydrogen) atoms. The van der Waals surface area contributed by atoms with E-state index in [1.165, 1.54) is 12.0 Å². The number of rotatable bonds is 6. The van der Waals surface area contributed by atoms with E-state index in [4.69, 9.17) is 17.3 Å². The standard InChI is InChI=1S/C24H36BN2O2S/c1-6-16-13-18(14-16)27-20-15-17(25-29-22(2,3)23(4,5)30)7-8-19(20)24(21(27)28)9-11-26-12-10-24/h7-8,15-16,18,26,30H,6,9-14H2,1-5H3. The Labute approximate surface area is 188 Å². The van der Waals surface area contributed by atoms with Crippen LogP contribution in [-0.4, -0.2) is 42.9 Å². The largest absolute Gasteiger partial charge is 0.428 e. The van der Waals surface area contributed by atoms with Gasteiger partial charge in [-0.1, -0.05) is 30.9 Å². The van der Waals surface area contributed by atoms with E-state index in [0.29, 0.717) is 11.9 Å². The van der Waals surface area contributed by atoms with Crippen LogP contribution >= 0.6 is 12.6 Å². The highest BCUT2D eigenvalue weighted by Gasteiger charge is 2.54. The first-order chi connectivity index (χ1) is 14.1. The monoisotopic (exact) mass is 427 g/mol. The number of benzene rings is 1. The molecule has 1 radical (unpaired) electrons. The SMILES string of the molecule is CCC1CC(N2C(=O)C3(CCNCC3)c3ccc([B]OC(C)(C)C(C)(C)S)cc32)C1. The van der Waals surface area contributed by atoms with E-state index < -0.39 is 5.60 Å². The van der Waals surface area contributed by atoms with Gasteiger partial charge in [0.1, 0.15) is 0 Å². The van der Waals surface area contributed by atoms with Gasteiger partial charge in [-0.15, -0.1) is 0 Å². The Morgan fingerprint density at radius 1 is 1.23 bits per heavy atom. The minimum absolute atomic E-state index is 0.275. The number of carbonyl (C=O) groups excluding carboxylic acids is 1. The number of hydrogen-bond donors (Lipinski definition) is 2. The number of amides is 1. The average Bonchev–Trinajstić information content (AvgIpc) is 2.88. The number of carbonyl (C=O) groups is 1. The van der Waals surface area contributed by atoms with Crippen molar-refractivity contribution in [3.8, 4) is 0 Å². The molecule has 163 valence electrons. The van der Waals surface area contributed by atoms with Gasteiger partial charge in [0, 0.05) is 16.5 Å². The molecule has 1 aromatic carbocycles. The first kappa shape index (κ1) is 22.2. The predicted molar refractivity (Wildman–Crippen MR) is 128 cm³/mol. The molecule has 1 N–H and O–H groups in total. The van der Waals surface area contributed by atoms with Gasteiger partial charge in [0.2, 0.25) is 5.91 Å². The van der Waals surface area contributed by atoms with E-state index in [9.17, 15) is 4.79 Å². The molecular weight excluding hydrogens is 391 g/mol. The van der Waals surface area contributed by atoms with Crippen LogP contribution in [0.15, 0.2) is 18.2 Å². The number of nitrogens with zero attached hydrogens (tertiary/aromatic N) is 1. The molecule has 1 saturated carbocycles. The van der Waals surface area contributed by atoms with Crippen LogP contribution in [0.4, 0.5) is 5.69 Å². The lowest BCUT2D eigenvalue weighted by atomic mass is 9.73. The first-order valence-electron chi connectivity index (χ1n) is 11.5.